The molecular formula is C35H29N3O4S2. The van der Waals surface area contributed by atoms with E-state index in [4.69, 9.17) is 9.47 Å². The van der Waals surface area contributed by atoms with E-state index in [1.165, 1.54) is 11.8 Å². The molecule has 0 radical (unpaired) electrons. The Labute approximate surface area is 264 Å². The minimum Gasteiger partial charge on any atom is -0.486 e. The molecule has 0 saturated heterocycles. The molecule has 4 aromatic carbocycles. The number of hydrogen-bond acceptors (Lipinski definition) is 6. The van der Waals surface area contributed by atoms with Gasteiger partial charge in [0.15, 0.2) is 11.5 Å². The van der Waals surface area contributed by atoms with Gasteiger partial charge in [-0.15, -0.1) is 23.5 Å². The maximum absolute atomic E-state index is 13.8. The molecule has 0 bridgehead atoms. The van der Waals surface area contributed by atoms with Gasteiger partial charge >= 0.3 is 6.03 Å². The number of thioether (sulfide) groups is 2. The van der Waals surface area contributed by atoms with Gasteiger partial charge in [-0.2, -0.15) is 0 Å². The molecule has 2 heterocycles. The van der Waals surface area contributed by atoms with Gasteiger partial charge in [-0.1, -0.05) is 72.8 Å². The molecule has 3 atom stereocenters. The van der Waals surface area contributed by atoms with Crippen LogP contribution in [0.15, 0.2) is 131 Å². The molecule has 0 saturated carbocycles. The summed E-state index contributed by atoms with van der Waals surface area (Å²) < 4.78 is 11.3. The van der Waals surface area contributed by atoms with Gasteiger partial charge in [0.25, 0.3) is 0 Å². The Balaban J connectivity index is 1.11. The lowest BCUT2D eigenvalue weighted by atomic mass is 10.1. The number of carbonyl (C=O) groups is 2. The number of fused-ring (bicyclic) bond motifs is 3. The highest BCUT2D eigenvalue weighted by Crippen LogP contribution is 2.44. The molecule has 9 heteroatoms. The van der Waals surface area contributed by atoms with Crippen LogP contribution >= 0.6 is 23.5 Å². The number of anilines is 3. The van der Waals surface area contributed by atoms with Gasteiger partial charge in [0.2, 0.25) is 5.91 Å². The normalized spacial score (nSPS) is 18.5. The van der Waals surface area contributed by atoms with Crippen molar-refractivity contribution < 1.29 is 19.1 Å². The first-order valence-corrected chi connectivity index (χ1v) is 16.1. The van der Waals surface area contributed by atoms with E-state index in [1.54, 1.807) is 17.8 Å². The van der Waals surface area contributed by atoms with Crippen molar-refractivity contribution >= 4 is 52.5 Å². The summed E-state index contributed by atoms with van der Waals surface area (Å²) >= 11 is 3.20. The lowest BCUT2D eigenvalue weighted by Gasteiger charge is -2.40. The molecule has 0 spiro atoms. The average Bonchev–Trinajstić information content (AvgIpc) is 3.06. The molecule has 3 unspecified atom stereocenters. The standard InChI is InChI=1S/C35H29N3O4S2/c39-34(36-25-17-18-29-30(22-25)42-20-19-41-29)33(23-9-2-1-3-10-23)43-26-12-8-11-24(21-26)37-35(40)38-27-13-4-6-15-31(27)44-32-16-7-5-14-28(32)38/h1-18,21-22,27,31,33H,19-20H2,(H,36,39)(H,37,40). The fourth-order valence-corrected chi connectivity index (χ4v) is 7.76. The van der Waals surface area contributed by atoms with Gasteiger partial charge in [0.1, 0.15) is 18.5 Å². The second-order valence-electron chi connectivity index (χ2n) is 10.4. The molecule has 4 aromatic rings. The summed E-state index contributed by atoms with van der Waals surface area (Å²) in [6.45, 7) is 0.975. The van der Waals surface area contributed by atoms with Crippen molar-refractivity contribution in [3.8, 4) is 11.5 Å². The van der Waals surface area contributed by atoms with Crippen LogP contribution in [0.25, 0.3) is 0 Å². The molecule has 44 heavy (non-hydrogen) atoms. The fourth-order valence-electron chi connectivity index (χ4n) is 5.42. The van der Waals surface area contributed by atoms with Gasteiger partial charge in [-0.3, -0.25) is 9.69 Å². The van der Waals surface area contributed by atoms with Crippen LogP contribution in [-0.2, 0) is 4.79 Å². The monoisotopic (exact) mass is 619 g/mol. The summed E-state index contributed by atoms with van der Waals surface area (Å²) in [6, 6.07) is 30.4. The number of ether oxygens (including phenoxy) is 2. The molecule has 1 aliphatic carbocycles. The first kappa shape index (κ1) is 28.2. The van der Waals surface area contributed by atoms with Crippen molar-refractivity contribution in [2.24, 2.45) is 0 Å². The maximum atomic E-state index is 13.8. The summed E-state index contributed by atoms with van der Waals surface area (Å²) in [5, 5.41) is 5.77. The molecule has 2 aliphatic heterocycles. The summed E-state index contributed by atoms with van der Waals surface area (Å²) in [6.07, 6.45) is 8.24. The van der Waals surface area contributed by atoms with E-state index in [9.17, 15) is 9.59 Å². The Kier molecular flexibility index (Phi) is 8.04. The van der Waals surface area contributed by atoms with Crippen LogP contribution in [0.5, 0.6) is 11.5 Å². The predicted octanol–water partition coefficient (Wildman–Crippen LogP) is 7.94. The smallest absolute Gasteiger partial charge is 0.326 e. The number of carbonyl (C=O) groups excluding carboxylic acids is 2. The highest BCUT2D eigenvalue weighted by atomic mass is 32.2. The highest BCUT2D eigenvalue weighted by molar-refractivity contribution is 8.00. The lowest BCUT2D eigenvalue weighted by Crippen LogP contribution is -2.49. The van der Waals surface area contributed by atoms with E-state index in [0.29, 0.717) is 36.1 Å². The molecule has 7 nitrogen and oxygen atoms in total. The number of benzene rings is 4. The predicted molar refractivity (Wildman–Crippen MR) is 177 cm³/mol. The zero-order chi connectivity index (χ0) is 29.9. The molecule has 3 aliphatic rings. The first-order chi connectivity index (χ1) is 21.6. The number of nitrogens with zero attached hydrogens (tertiary/aromatic N) is 1. The van der Waals surface area contributed by atoms with Crippen molar-refractivity contribution in [2.75, 3.05) is 28.7 Å². The van der Waals surface area contributed by atoms with Crippen molar-refractivity contribution in [2.45, 2.75) is 26.3 Å². The topological polar surface area (TPSA) is 79.9 Å². The number of hydrogen-bond donors (Lipinski definition) is 2. The third-order valence-corrected chi connectivity index (χ3v) is 10.0. The fraction of sp³-hybridized carbons (Fsp3) is 0.143. The zero-order valence-electron chi connectivity index (χ0n) is 23.6. The van der Waals surface area contributed by atoms with Crippen molar-refractivity contribution in [3.63, 3.8) is 0 Å². The van der Waals surface area contributed by atoms with E-state index >= 15 is 0 Å². The van der Waals surface area contributed by atoms with Crippen molar-refractivity contribution in [1.82, 2.24) is 0 Å². The van der Waals surface area contributed by atoms with Gasteiger partial charge < -0.3 is 20.1 Å². The molecule has 2 N–H and O–H groups in total. The molecule has 0 aromatic heterocycles. The lowest BCUT2D eigenvalue weighted by molar-refractivity contribution is -0.115. The van der Waals surface area contributed by atoms with Crippen molar-refractivity contribution in [1.29, 1.82) is 0 Å². The Bertz CT molecular complexity index is 1760. The van der Waals surface area contributed by atoms with Gasteiger partial charge in [-0.25, -0.2) is 4.79 Å². The molecule has 3 amide bonds. The van der Waals surface area contributed by atoms with Crippen LogP contribution < -0.4 is 25.0 Å². The molecule has 0 fully saturated rings. The Hall–Kier alpha value is -4.60. The van der Waals surface area contributed by atoms with Gasteiger partial charge in [-0.05, 0) is 48.0 Å². The van der Waals surface area contributed by atoms with Crippen LogP contribution in [0.4, 0.5) is 21.9 Å². The second kappa shape index (κ2) is 12.6. The Morgan fingerprint density at radius 1 is 0.795 bits per heavy atom. The van der Waals surface area contributed by atoms with Gasteiger partial charge in [0, 0.05) is 27.2 Å². The van der Waals surface area contributed by atoms with Crippen molar-refractivity contribution in [3.05, 3.63) is 127 Å². The van der Waals surface area contributed by atoms with E-state index in [1.807, 2.05) is 102 Å². The van der Waals surface area contributed by atoms with Gasteiger partial charge in [0.05, 0.1) is 17.0 Å². The van der Waals surface area contributed by atoms with E-state index in [-0.39, 0.29) is 23.2 Å². The Morgan fingerprint density at radius 2 is 1.57 bits per heavy atom. The number of para-hydroxylation sites is 1. The van der Waals surface area contributed by atoms with E-state index in [2.05, 4.69) is 28.9 Å². The number of allylic oxidation sites excluding steroid dienone is 2. The minimum atomic E-state index is -0.540. The summed E-state index contributed by atoms with van der Waals surface area (Å²) in [5.41, 5.74) is 3.04. The highest BCUT2D eigenvalue weighted by Gasteiger charge is 2.36. The first-order valence-electron chi connectivity index (χ1n) is 14.4. The summed E-state index contributed by atoms with van der Waals surface area (Å²) in [4.78, 5) is 31.3. The number of amides is 3. The summed E-state index contributed by atoms with van der Waals surface area (Å²) in [5.74, 6) is 1.11. The van der Waals surface area contributed by atoms with Crippen LogP contribution in [0.1, 0.15) is 10.8 Å². The SMILES string of the molecule is O=C(Nc1ccc2c(c1)OCCO2)C(Sc1cccc(NC(=O)N2c3ccccc3SC3C=CC=CC32)c1)c1ccccc1. The third kappa shape index (κ3) is 5.93. The van der Waals surface area contributed by atoms with E-state index < -0.39 is 5.25 Å². The molecule has 220 valence electrons. The maximum Gasteiger partial charge on any atom is 0.326 e. The van der Waals surface area contributed by atoms with Crippen LogP contribution in [-0.4, -0.2) is 36.4 Å². The average molecular weight is 620 g/mol. The third-order valence-electron chi connectivity index (χ3n) is 7.45. The largest absolute Gasteiger partial charge is 0.486 e. The quantitative estimate of drug-likeness (QED) is 0.213. The Morgan fingerprint density at radius 3 is 2.45 bits per heavy atom. The van der Waals surface area contributed by atoms with Crippen LogP contribution in [0.3, 0.4) is 0 Å². The number of nitrogens with one attached hydrogen (secondary N) is 2. The second-order valence-corrected chi connectivity index (χ2v) is 12.8. The zero-order valence-corrected chi connectivity index (χ0v) is 25.2. The number of rotatable bonds is 6. The molecular weight excluding hydrogens is 591 g/mol. The van der Waals surface area contributed by atoms with Crippen LogP contribution in [0.2, 0.25) is 0 Å². The molecule has 7 rings (SSSR count). The summed E-state index contributed by atoms with van der Waals surface area (Å²) in [7, 11) is 0. The number of urea groups is 1. The van der Waals surface area contributed by atoms with Crippen LogP contribution in [0, 0.1) is 0 Å². The van der Waals surface area contributed by atoms with E-state index in [0.717, 1.165) is 21.0 Å². The minimum absolute atomic E-state index is 0.0934.